The van der Waals surface area contributed by atoms with Crippen molar-refractivity contribution in [1.82, 2.24) is 19.7 Å². The molecule has 1 amide bonds. The summed E-state index contributed by atoms with van der Waals surface area (Å²) in [6.07, 6.45) is 4.47. The predicted octanol–water partition coefficient (Wildman–Crippen LogP) is 1.16. The Morgan fingerprint density at radius 3 is 2.76 bits per heavy atom. The lowest BCUT2D eigenvalue weighted by atomic mass is 9.72. The van der Waals surface area contributed by atoms with Gasteiger partial charge in [0.1, 0.15) is 18.1 Å². The van der Waals surface area contributed by atoms with Crippen LogP contribution in [0.5, 0.6) is 0 Å². The van der Waals surface area contributed by atoms with Gasteiger partial charge in [-0.15, -0.1) is 0 Å². The van der Waals surface area contributed by atoms with E-state index in [1.807, 2.05) is 13.8 Å². The number of aromatic nitrogens is 3. The van der Waals surface area contributed by atoms with Crippen LogP contribution in [0.25, 0.3) is 0 Å². The van der Waals surface area contributed by atoms with Gasteiger partial charge in [0.25, 0.3) is 0 Å². The average Bonchev–Trinajstić information content (AvgIpc) is 3.07. The van der Waals surface area contributed by atoms with E-state index in [1.165, 1.54) is 6.33 Å². The summed E-state index contributed by atoms with van der Waals surface area (Å²) in [5, 5.41) is 24.1. The summed E-state index contributed by atoms with van der Waals surface area (Å²) in [6, 6.07) is 0. The lowest BCUT2D eigenvalue weighted by Gasteiger charge is -2.43. The van der Waals surface area contributed by atoms with E-state index in [1.54, 1.807) is 15.9 Å². The second-order valence-electron chi connectivity index (χ2n) is 7.28. The van der Waals surface area contributed by atoms with Gasteiger partial charge in [-0.25, -0.2) is 4.98 Å². The number of carboxylic acids is 1. The van der Waals surface area contributed by atoms with Crippen LogP contribution >= 0.6 is 0 Å². The average molecular weight is 352 g/mol. The van der Waals surface area contributed by atoms with Crippen LogP contribution in [0.3, 0.4) is 0 Å². The third-order valence-electron chi connectivity index (χ3n) is 4.97. The number of carboxylic acid groups (broad SMARTS) is 1. The van der Waals surface area contributed by atoms with E-state index in [4.69, 9.17) is 0 Å². The Morgan fingerprint density at radius 2 is 2.16 bits per heavy atom. The Bertz CT molecular complexity index is 575. The van der Waals surface area contributed by atoms with Gasteiger partial charge in [-0.3, -0.25) is 14.3 Å². The highest BCUT2D eigenvalue weighted by atomic mass is 16.4. The van der Waals surface area contributed by atoms with Crippen LogP contribution in [0.2, 0.25) is 0 Å². The molecule has 1 aromatic rings. The Hall–Kier alpha value is -1.96. The first-order valence-electron chi connectivity index (χ1n) is 8.87. The summed E-state index contributed by atoms with van der Waals surface area (Å²) in [5.74, 6) is -0.736. The van der Waals surface area contributed by atoms with Crippen LogP contribution in [0.1, 0.15) is 46.0 Å². The van der Waals surface area contributed by atoms with Gasteiger partial charge in [-0.2, -0.15) is 5.10 Å². The smallest absolute Gasteiger partial charge is 0.314 e. The largest absolute Gasteiger partial charge is 0.481 e. The maximum atomic E-state index is 12.5. The van der Waals surface area contributed by atoms with Crippen LogP contribution in [-0.2, 0) is 16.1 Å². The third-order valence-corrected chi connectivity index (χ3v) is 4.97. The molecule has 8 heteroatoms. The number of carbonyl (C=O) groups excluding carboxylic acids is 1. The Labute approximate surface area is 147 Å². The Morgan fingerprint density at radius 1 is 1.40 bits per heavy atom. The topological polar surface area (TPSA) is 109 Å². The summed E-state index contributed by atoms with van der Waals surface area (Å²) in [4.78, 5) is 29.9. The van der Waals surface area contributed by atoms with Crippen molar-refractivity contribution in [2.45, 2.75) is 58.6 Å². The molecule has 1 aliphatic heterocycles. The number of carbonyl (C=O) groups is 2. The summed E-state index contributed by atoms with van der Waals surface area (Å²) in [7, 11) is 0. The van der Waals surface area contributed by atoms with E-state index >= 15 is 0 Å². The number of rotatable bonds is 8. The van der Waals surface area contributed by atoms with Crippen LogP contribution < -0.4 is 0 Å². The van der Waals surface area contributed by atoms with Crippen LogP contribution in [-0.4, -0.2) is 60.9 Å². The third kappa shape index (κ3) is 4.78. The molecule has 0 radical (unpaired) electrons. The number of piperidine rings is 1. The van der Waals surface area contributed by atoms with Crippen LogP contribution in [0, 0.1) is 11.3 Å². The van der Waals surface area contributed by atoms with Crippen molar-refractivity contribution in [3.8, 4) is 0 Å². The minimum Gasteiger partial charge on any atom is -0.481 e. The Kier molecular flexibility index (Phi) is 6.52. The molecule has 25 heavy (non-hydrogen) atoms. The molecule has 1 aromatic heterocycles. The van der Waals surface area contributed by atoms with E-state index in [0.29, 0.717) is 51.1 Å². The monoisotopic (exact) mass is 352 g/mol. The highest BCUT2D eigenvalue weighted by Crippen LogP contribution is 2.37. The Balaban J connectivity index is 1.96. The molecule has 1 fully saturated rings. The van der Waals surface area contributed by atoms with E-state index in [0.717, 1.165) is 0 Å². The summed E-state index contributed by atoms with van der Waals surface area (Å²) in [6.45, 7) is 5.13. The van der Waals surface area contributed by atoms with Crippen LogP contribution in [0.4, 0.5) is 0 Å². The molecule has 0 aromatic carbocycles. The van der Waals surface area contributed by atoms with E-state index < -0.39 is 17.5 Å². The van der Waals surface area contributed by atoms with Gasteiger partial charge in [-0.1, -0.05) is 13.8 Å². The zero-order chi connectivity index (χ0) is 18.4. The predicted molar refractivity (Wildman–Crippen MR) is 90.6 cm³/mol. The minimum atomic E-state index is -1.26. The number of nitrogens with zero attached hydrogens (tertiary/aromatic N) is 4. The molecule has 0 spiro atoms. The highest BCUT2D eigenvalue weighted by Gasteiger charge is 2.49. The lowest BCUT2D eigenvalue weighted by molar-refractivity contribution is -0.167. The number of aliphatic hydroxyl groups excluding tert-OH is 1. The molecule has 2 heterocycles. The molecule has 1 aliphatic rings. The number of aryl methyl sites for hydroxylation is 1. The molecular weight excluding hydrogens is 324 g/mol. The van der Waals surface area contributed by atoms with E-state index in [-0.39, 0.29) is 12.5 Å². The van der Waals surface area contributed by atoms with Gasteiger partial charge in [0.2, 0.25) is 5.91 Å². The van der Waals surface area contributed by atoms with Crippen molar-refractivity contribution in [3.63, 3.8) is 0 Å². The summed E-state index contributed by atoms with van der Waals surface area (Å²) >= 11 is 0. The number of aliphatic carboxylic acids is 1. The minimum absolute atomic E-state index is 0.0674. The fourth-order valence-electron chi connectivity index (χ4n) is 3.30. The van der Waals surface area contributed by atoms with Gasteiger partial charge in [-0.05, 0) is 31.6 Å². The molecule has 0 unspecified atom stereocenters. The second kappa shape index (κ2) is 8.42. The van der Waals surface area contributed by atoms with Gasteiger partial charge < -0.3 is 15.1 Å². The maximum absolute atomic E-state index is 12.5. The van der Waals surface area contributed by atoms with Crippen molar-refractivity contribution >= 4 is 11.9 Å². The quantitative estimate of drug-likeness (QED) is 0.727. The number of hydrogen-bond donors (Lipinski definition) is 2. The molecule has 2 atom stereocenters. The first-order chi connectivity index (χ1) is 11.8. The van der Waals surface area contributed by atoms with Crippen molar-refractivity contribution in [2.75, 3.05) is 13.1 Å². The summed E-state index contributed by atoms with van der Waals surface area (Å²) < 4.78 is 1.66. The SMILES string of the molecule is CC(C)CC[C@@]1(C(=O)O)CN(C(=O)CCCn2cncn2)CC[C@@H]1O. The molecule has 8 nitrogen and oxygen atoms in total. The molecule has 140 valence electrons. The van der Waals surface area contributed by atoms with E-state index in [9.17, 15) is 19.8 Å². The number of hydrogen-bond acceptors (Lipinski definition) is 5. The van der Waals surface area contributed by atoms with Crippen molar-refractivity contribution in [2.24, 2.45) is 11.3 Å². The highest BCUT2D eigenvalue weighted by molar-refractivity contribution is 5.80. The van der Waals surface area contributed by atoms with Crippen molar-refractivity contribution in [3.05, 3.63) is 12.7 Å². The molecule has 0 aliphatic carbocycles. The second-order valence-corrected chi connectivity index (χ2v) is 7.28. The van der Waals surface area contributed by atoms with Crippen molar-refractivity contribution < 1.29 is 19.8 Å². The first-order valence-corrected chi connectivity index (χ1v) is 8.87. The van der Waals surface area contributed by atoms with Gasteiger partial charge in [0, 0.05) is 26.1 Å². The zero-order valence-corrected chi connectivity index (χ0v) is 15.0. The maximum Gasteiger partial charge on any atom is 0.314 e. The standard InChI is InChI=1S/C17H28N4O4/c1-13(2)5-7-17(16(24)25)10-20(9-6-14(17)22)15(23)4-3-8-21-12-18-11-19-21/h11-14,22H,3-10H2,1-2H3,(H,24,25)/t14-,17+/m0/s1. The molecular formula is C17H28N4O4. The normalized spacial score (nSPS) is 23.8. The molecule has 0 bridgehead atoms. The van der Waals surface area contributed by atoms with Gasteiger partial charge >= 0.3 is 5.97 Å². The molecule has 2 N–H and O–H groups in total. The van der Waals surface area contributed by atoms with Gasteiger partial charge in [0.15, 0.2) is 0 Å². The number of amides is 1. The van der Waals surface area contributed by atoms with Crippen molar-refractivity contribution in [1.29, 1.82) is 0 Å². The lowest BCUT2D eigenvalue weighted by Crippen LogP contribution is -2.57. The first kappa shape index (κ1) is 19.4. The van der Waals surface area contributed by atoms with Gasteiger partial charge in [0.05, 0.1) is 6.10 Å². The van der Waals surface area contributed by atoms with Crippen LogP contribution in [0.15, 0.2) is 12.7 Å². The fraction of sp³-hybridized carbons (Fsp3) is 0.765. The number of likely N-dealkylation sites (tertiary alicyclic amines) is 1. The fourth-order valence-corrected chi connectivity index (χ4v) is 3.30. The molecule has 2 rings (SSSR count). The zero-order valence-electron chi connectivity index (χ0n) is 15.0. The molecule has 0 saturated carbocycles. The summed E-state index contributed by atoms with van der Waals surface area (Å²) in [5.41, 5.74) is -1.26. The number of aliphatic hydroxyl groups is 1. The van der Waals surface area contributed by atoms with E-state index in [2.05, 4.69) is 10.1 Å². The molecule has 1 saturated heterocycles.